The first-order valence-corrected chi connectivity index (χ1v) is 8.59. The van der Waals surface area contributed by atoms with Gasteiger partial charge in [-0.3, -0.25) is 4.79 Å². The Morgan fingerprint density at radius 2 is 1.73 bits per heavy atom. The smallest absolute Gasteiger partial charge is 0.322 e. The van der Waals surface area contributed by atoms with E-state index in [-0.39, 0.29) is 10.8 Å². The fourth-order valence-electron chi connectivity index (χ4n) is 1.68. The zero-order chi connectivity index (χ0) is 16.9. The van der Waals surface area contributed by atoms with Crippen LogP contribution < -0.4 is 9.46 Å². The Balaban J connectivity index is 2.87. The van der Waals surface area contributed by atoms with Gasteiger partial charge in [0.05, 0.1) is 11.5 Å². The molecule has 1 aromatic carbocycles. The Hall–Kier alpha value is -1.60. The van der Waals surface area contributed by atoms with Crippen molar-refractivity contribution in [2.75, 3.05) is 6.61 Å². The number of rotatable bonds is 8. The maximum absolute atomic E-state index is 12.2. The van der Waals surface area contributed by atoms with Crippen LogP contribution in [0.15, 0.2) is 29.2 Å². The second kappa shape index (κ2) is 7.60. The Bertz CT molecular complexity index is 593. The predicted octanol–water partition coefficient (Wildman–Crippen LogP) is 2.11. The zero-order valence-electron chi connectivity index (χ0n) is 13.2. The number of hydrogen-bond acceptors (Lipinski definition) is 4. The number of carboxylic acid groups (broad SMARTS) is 1. The molecule has 1 aromatic rings. The van der Waals surface area contributed by atoms with Gasteiger partial charge in [0.15, 0.2) is 0 Å². The quantitative estimate of drug-likeness (QED) is 0.762. The van der Waals surface area contributed by atoms with E-state index in [1.165, 1.54) is 12.1 Å². The van der Waals surface area contributed by atoms with Crippen LogP contribution in [0.5, 0.6) is 5.75 Å². The summed E-state index contributed by atoms with van der Waals surface area (Å²) in [7, 11) is -3.88. The minimum absolute atomic E-state index is 0.0105. The van der Waals surface area contributed by atoms with Gasteiger partial charge in [-0.25, -0.2) is 8.42 Å². The molecular formula is C15H23NO5S. The number of carbonyl (C=O) groups is 1. The number of ether oxygens (including phenoxy) is 1. The topological polar surface area (TPSA) is 92.7 Å². The van der Waals surface area contributed by atoms with Gasteiger partial charge in [-0.2, -0.15) is 4.72 Å². The van der Waals surface area contributed by atoms with Crippen LogP contribution in [0, 0.1) is 11.8 Å². The molecule has 0 amide bonds. The Labute approximate surface area is 131 Å². The first-order valence-electron chi connectivity index (χ1n) is 7.11. The molecule has 1 rings (SSSR count). The fraction of sp³-hybridized carbons (Fsp3) is 0.533. The van der Waals surface area contributed by atoms with E-state index < -0.39 is 22.0 Å². The first-order chi connectivity index (χ1) is 10.1. The van der Waals surface area contributed by atoms with Gasteiger partial charge in [-0.1, -0.05) is 27.7 Å². The summed E-state index contributed by atoms with van der Waals surface area (Å²) < 4.78 is 32.1. The lowest BCUT2D eigenvalue weighted by molar-refractivity contribution is -0.140. The van der Waals surface area contributed by atoms with Crippen molar-refractivity contribution >= 4 is 16.0 Å². The molecule has 0 aliphatic rings. The van der Waals surface area contributed by atoms with Gasteiger partial charge in [0.25, 0.3) is 0 Å². The second-order valence-electron chi connectivity index (χ2n) is 5.86. The molecule has 0 radical (unpaired) electrons. The minimum atomic E-state index is -3.88. The third-order valence-corrected chi connectivity index (χ3v) is 4.39. The van der Waals surface area contributed by atoms with Gasteiger partial charge in [0.2, 0.25) is 10.0 Å². The van der Waals surface area contributed by atoms with Gasteiger partial charge >= 0.3 is 5.97 Å². The largest absolute Gasteiger partial charge is 0.493 e. The molecule has 0 fully saturated rings. The number of nitrogens with one attached hydrogen (secondary N) is 1. The molecule has 0 spiro atoms. The number of carboxylic acids is 1. The van der Waals surface area contributed by atoms with E-state index in [4.69, 9.17) is 9.84 Å². The fourth-order valence-corrected chi connectivity index (χ4v) is 3.02. The molecule has 6 nitrogen and oxygen atoms in total. The van der Waals surface area contributed by atoms with E-state index in [2.05, 4.69) is 4.72 Å². The average Bonchev–Trinajstić information content (AvgIpc) is 2.42. The first kappa shape index (κ1) is 18.4. The van der Waals surface area contributed by atoms with Crippen molar-refractivity contribution in [1.82, 2.24) is 4.72 Å². The normalized spacial score (nSPS) is 13.4. The van der Waals surface area contributed by atoms with Gasteiger partial charge in [0.1, 0.15) is 11.8 Å². The standard InChI is InChI=1S/C15H23NO5S/c1-10(2)9-21-12-5-7-13(8-6-12)22(19,20)16-14(11(3)4)15(17)18/h5-8,10-11,14,16H,9H2,1-4H3,(H,17,18)/t14-/m0/s1. The third-order valence-electron chi connectivity index (χ3n) is 2.93. The lowest BCUT2D eigenvalue weighted by Crippen LogP contribution is -2.44. The van der Waals surface area contributed by atoms with Crippen molar-refractivity contribution in [3.05, 3.63) is 24.3 Å². The van der Waals surface area contributed by atoms with Gasteiger partial charge < -0.3 is 9.84 Å². The molecule has 0 saturated carbocycles. The minimum Gasteiger partial charge on any atom is -0.493 e. The average molecular weight is 329 g/mol. The SMILES string of the molecule is CC(C)COc1ccc(S(=O)(=O)N[C@H](C(=O)O)C(C)C)cc1. The molecule has 1 atom stereocenters. The van der Waals surface area contributed by atoms with E-state index >= 15 is 0 Å². The van der Waals surface area contributed by atoms with Crippen molar-refractivity contribution < 1.29 is 23.1 Å². The summed E-state index contributed by atoms with van der Waals surface area (Å²) in [5.41, 5.74) is 0. The van der Waals surface area contributed by atoms with E-state index in [1.807, 2.05) is 13.8 Å². The molecule has 7 heteroatoms. The van der Waals surface area contributed by atoms with Gasteiger partial charge in [-0.05, 0) is 36.1 Å². The number of sulfonamides is 1. The number of benzene rings is 1. The molecular weight excluding hydrogens is 306 g/mol. The highest BCUT2D eigenvalue weighted by atomic mass is 32.2. The summed E-state index contributed by atoms with van der Waals surface area (Å²) in [6.45, 7) is 7.86. The summed E-state index contributed by atoms with van der Waals surface area (Å²) >= 11 is 0. The van der Waals surface area contributed by atoms with E-state index in [1.54, 1.807) is 26.0 Å². The molecule has 0 saturated heterocycles. The van der Waals surface area contributed by atoms with Crippen LogP contribution in [-0.2, 0) is 14.8 Å². The molecule has 2 N–H and O–H groups in total. The van der Waals surface area contributed by atoms with Crippen molar-refractivity contribution in [3.8, 4) is 5.75 Å². The van der Waals surface area contributed by atoms with Crippen molar-refractivity contribution in [2.45, 2.75) is 38.6 Å². The lowest BCUT2D eigenvalue weighted by Gasteiger charge is -2.18. The molecule has 0 aromatic heterocycles. The van der Waals surface area contributed by atoms with Crippen LogP contribution in [0.3, 0.4) is 0 Å². The highest BCUT2D eigenvalue weighted by Gasteiger charge is 2.27. The van der Waals surface area contributed by atoms with Crippen LogP contribution in [-0.4, -0.2) is 32.1 Å². The van der Waals surface area contributed by atoms with Crippen LogP contribution in [0.4, 0.5) is 0 Å². The van der Waals surface area contributed by atoms with Crippen molar-refractivity contribution in [2.24, 2.45) is 11.8 Å². The van der Waals surface area contributed by atoms with E-state index in [0.717, 1.165) is 0 Å². The molecule has 0 unspecified atom stereocenters. The maximum atomic E-state index is 12.2. The summed E-state index contributed by atoms with van der Waals surface area (Å²) in [6.07, 6.45) is 0. The Morgan fingerprint density at radius 3 is 2.14 bits per heavy atom. The summed E-state index contributed by atoms with van der Waals surface area (Å²) in [5.74, 6) is -0.616. The Kier molecular flexibility index (Phi) is 6.37. The summed E-state index contributed by atoms with van der Waals surface area (Å²) in [6, 6.07) is 4.75. The van der Waals surface area contributed by atoms with Crippen molar-refractivity contribution in [3.63, 3.8) is 0 Å². The number of hydrogen-bond donors (Lipinski definition) is 2. The number of aliphatic carboxylic acids is 1. The van der Waals surface area contributed by atoms with Gasteiger partial charge in [-0.15, -0.1) is 0 Å². The molecule has 0 aliphatic carbocycles. The predicted molar refractivity (Wildman–Crippen MR) is 83.4 cm³/mol. The van der Waals surface area contributed by atoms with Crippen LogP contribution in [0.2, 0.25) is 0 Å². The maximum Gasteiger partial charge on any atom is 0.322 e. The van der Waals surface area contributed by atoms with Crippen LogP contribution >= 0.6 is 0 Å². The third kappa shape index (κ3) is 5.31. The van der Waals surface area contributed by atoms with Crippen LogP contribution in [0.25, 0.3) is 0 Å². The highest BCUT2D eigenvalue weighted by Crippen LogP contribution is 2.17. The second-order valence-corrected chi connectivity index (χ2v) is 7.57. The lowest BCUT2D eigenvalue weighted by atomic mass is 10.1. The summed E-state index contributed by atoms with van der Waals surface area (Å²) in [4.78, 5) is 11.1. The zero-order valence-corrected chi connectivity index (χ0v) is 14.1. The molecule has 124 valence electrons. The molecule has 0 bridgehead atoms. The molecule has 0 heterocycles. The van der Waals surface area contributed by atoms with Gasteiger partial charge in [0, 0.05) is 0 Å². The Morgan fingerprint density at radius 1 is 1.18 bits per heavy atom. The molecule has 0 aliphatic heterocycles. The highest BCUT2D eigenvalue weighted by molar-refractivity contribution is 7.89. The van der Waals surface area contributed by atoms with E-state index in [9.17, 15) is 13.2 Å². The molecule has 22 heavy (non-hydrogen) atoms. The monoisotopic (exact) mass is 329 g/mol. The van der Waals surface area contributed by atoms with Crippen LogP contribution in [0.1, 0.15) is 27.7 Å². The van der Waals surface area contributed by atoms with Crippen molar-refractivity contribution in [1.29, 1.82) is 0 Å². The van der Waals surface area contributed by atoms with E-state index in [0.29, 0.717) is 18.3 Å². The summed E-state index contributed by atoms with van der Waals surface area (Å²) in [5, 5.41) is 9.07.